The van der Waals surface area contributed by atoms with Crippen molar-refractivity contribution < 1.29 is 19.1 Å². The van der Waals surface area contributed by atoms with E-state index >= 15 is 0 Å². The molecule has 1 heterocycles. The molecule has 6 nitrogen and oxygen atoms in total. The van der Waals surface area contributed by atoms with E-state index < -0.39 is 11.9 Å². The number of aromatic nitrogens is 1. The number of hydrogen-bond acceptors (Lipinski definition) is 4. The minimum absolute atomic E-state index is 0.0741. The van der Waals surface area contributed by atoms with Gasteiger partial charge in [-0.25, -0.2) is 4.79 Å². The van der Waals surface area contributed by atoms with Gasteiger partial charge in [-0.1, -0.05) is 29.8 Å². The summed E-state index contributed by atoms with van der Waals surface area (Å²) in [6, 6.07) is 13.2. The van der Waals surface area contributed by atoms with Crippen LogP contribution >= 0.6 is 11.6 Å². The molecule has 0 saturated heterocycles. The number of hydrogen-bond donors (Lipinski definition) is 1. The summed E-state index contributed by atoms with van der Waals surface area (Å²) in [5.74, 6) is -0.370. The number of primary amides is 1. The van der Waals surface area contributed by atoms with Crippen molar-refractivity contribution in [2.24, 2.45) is 5.73 Å². The normalized spacial score (nSPS) is 10.9. The van der Waals surface area contributed by atoms with Crippen LogP contribution in [0.15, 0.2) is 42.5 Å². The van der Waals surface area contributed by atoms with Crippen molar-refractivity contribution in [1.82, 2.24) is 4.57 Å². The van der Waals surface area contributed by atoms with Gasteiger partial charge in [0.25, 0.3) is 0 Å². The monoisotopic (exact) mass is 414 g/mol. The maximum atomic E-state index is 11.7. The second-order valence-corrected chi connectivity index (χ2v) is 7.10. The number of nitrogens with two attached hydrogens (primary N) is 1. The van der Waals surface area contributed by atoms with Gasteiger partial charge in [0.2, 0.25) is 5.91 Å². The molecule has 0 unspecified atom stereocenters. The van der Waals surface area contributed by atoms with E-state index in [0.29, 0.717) is 17.3 Å². The molecule has 1 aromatic heterocycles. The molecule has 3 rings (SSSR count). The molecule has 3 aromatic rings. The maximum absolute atomic E-state index is 11.7. The summed E-state index contributed by atoms with van der Waals surface area (Å²) in [7, 11) is 0. The molecular weight excluding hydrogens is 392 g/mol. The fraction of sp³-hybridized carbons (Fsp3) is 0.273. The van der Waals surface area contributed by atoms with Gasteiger partial charge in [-0.2, -0.15) is 0 Å². The van der Waals surface area contributed by atoms with Crippen molar-refractivity contribution in [2.45, 2.75) is 26.8 Å². The van der Waals surface area contributed by atoms with Crippen molar-refractivity contribution in [3.8, 4) is 5.75 Å². The first-order valence-corrected chi connectivity index (χ1v) is 9.70. The highest BCUT2D eigenvalue weighted by Gasteiger charge is 2.20. The fourth-order valence-corrected chi connectivity index (χ4v) is 3.66. The largest absolute Gasteiger partial charge is 0.481 e. The molecule has 2 N–H and O–H groups in total. The average Bonchev–Trinajstić information content (AvgIpc) is 2.92. The van der Waals surface area contributed by atoms with E-state index in [2.05, 4.69) is 4.57 Å². The Morgan fingerprint density at radius 3 is 2.62 bits per heavy atom. The number of carbonyl (C=O) groups excluding carboxylic acids is 2. The second kappa shape index (κ2) is 9.01. The Hall–Kier alpha value is -2.99. The maximum Gasteiger partial charge on any atom is 0.344 e. The molecule has 0 atom stereocenters. The highest BCUT2D eigenvalue weighted by Crippen LogP contribution is 2.34. The lowest BCUT2D eigenvalue weighted by Gasteiger charge is -2.10. The lowest BCUT2D eigenvalue weighted by Crippen LogP contribution is -2.16. The molecule has 1 amide bonds. The van der Waals surface area contributed by atoms with Gasteiger partial charge < -0.3 is 19.8 Å². The van der Waals surface area contributed by atoms with Crippen LogP contribution in [0.4, 0.5) is 0 Å². The molecule has 0 aliphatic rings. The number of esters is 1. The summed E-state index contributed by atoms with van der Waals surface area (Å²) in [4.78, 5) is 23.4. The van der Waals surface area contributed by atoms with Crippen LogP contribution in [0.25, 0.3) is 10.9 Å². The lowest BCUT2D eigenvalue weighted by atomic mass is 10.1. The van der Waals surface area contributed by atoms with E-state index in [1.807, 2.05) is 43.3 Å². The first kappa shape index (κ1) is 20.7. The predicted molar refractivity (Wildman–Crippen MR) is 112 cm³/mol. The summed E-state index contributed by atoms with van der Waals surface area (Å²) in [6.45, 7) is 4.33. The number of benzene rings is 2. The number of halogens is 1. The Balaban J connectivity index is 2.07. The number of rotatable bonds is 8. The van der Waals surface area contributed by atoms with E-state index in [0.717, 1.165) is 27.7 Å². The van der Waals surface area contributed by atoms with Gasteiger partial charge in [-0.05, 0) is 49.2 Å². The molecule has 2 aromatic carbocycles. The quantitative estimate of drug-likeness (QED) is 0.570. The first-order valence-electron chi connectivity index (χ1n) is 9.32. The molecule has 29 heavy (non-hydrogen) atoms. The Labute approximate surface area is 174 Å². The van der Waals surface area contributed by atoms with Crippen molar-refractivity contribution in [3.63, 3.8) is 0 Å². The molecule has 0 bridgehead atoms. The molecule has 7 heteroatoms. The van der Waals surface area contributed by atoms with Crippen LogP contribution in [-0.2, 0) is 27.3 Å². The molecule has 152 valence electrons. The number of carbonyl (C=O) groups is 2. The Bertz CT molecular complexity index is 1060. The summed E-state index contributed by atoms with van der Waals surface area (Å²) >= 11 is 6.13. The third-order valence-corrected chi connectivity index (χ3v) is 4.91. The van der Waals surface area contributed by atoms with Crippen LogP contribution in [0.1, 0.15) is 23.7 Å². The molecule has 0 saturated carbocycles. The molecule has 0 aliphatic heterocycles. The topological polar surface area (TPSA) is 83.6 Å². The van der Waals surface area contributed by atoms with Gasteiger partial charge in [0.1, 0.15) is 5.75 Å². The molecule has 0 fully saturated rings. The smallest absolute Gasteiger partial charge is 0.344 e. The van der Waals surface area contributed by atoms with Crippen LogP contribution in [0.5, 0.6) is 5.75 Å². The number of amides is 1. The van der Waals surface area contributed by atoms with Crippen molar-refractivity contribution >= 4 is 34.4 Å². The lowest BCUT2D eigenvalue weighted by molar-refractivity contribution is -0.145. The second-order valence-electron chi connectivity index (χ2n) is 6.67. The zero-order chi connectivity index (χ0) is 21.0. The predicted octanol–water partition coefficient (Wildman–Crippen LogP) is 3.62. The van der Waals surface area contributed by atoms with Gasteiger partial charge in [-0.15, -0.1) is 0 Å². The molecular formula is C22H23ClN2O4. The van der Waals surface area contributed by atoms with Gasteiger partial charge in [0, 0.05) is 22.6 Å². The summed E-state index contributed by atoms with van der Waals surface area (Å²) in [5, 5.41) is 1.43. The highest BCUT2D eigenvalue weighted by molar-refractivity contribution is 6.30. The Morgan fingerprint density at radius 2 is 1.93 bits per heavy atom. The van der Waals surface area contributed by atoms with E-state index in [-0.39, 0.29) is 19.6 Å². The van der Waals surface area contributed by atoms with Crippen molar-refractivity contribution in [3.05, 3.63) is 64.3 Å². The van der Waals surface area contributed by atoms with Crippen LogP contribution in [0, 0.1) is 6.92 Å². The summed E-state index contributed by atoms with van der Waals surface area (Å²) in [5.41, 5.74) is 9.11. The van der Waals surface area contributed by atoms with E-state index in [1.54, 1.807) is 13.0 Å². The standard InChI is InChI=1S/C22H23ClN2O4/c1-3-28-21(27)13-29-19-9-5-8-18-22(19)17(11-20(24)26)14(2)25(18)12-15-6-4-7-16(23)10-15/h4-10H,3,11-13H2,1-2H3,(H2,24,26). The number of nitrogens with zero attached hydrogens (tertiary/aromatic N) is 1. The SMILES string of the molecule is CCOC(=O)COc1cccc2c1c(CC(N)=O)c(C)n2Cc1cccc(Cl)c1. The van der Waals surface area contributed by atoms with Crippen molar-refractivity contribution in [2.75, 3.05) is 13.2 Å². The highest BCUT2D eigenvalue weighted by atomic mass is 35.5. The van der Waals surface area contributed by atoms with Gasteiger partial charge in [0.05, 0.1) is 18.5 Å². The molecule has 0 aliphatic carbocycles. The van der Waals surface area contributed by atoms with Crippen LogP contribution in [0.3, 0.4) is 0 Å². The third kappa shape index (κ3) is 4.71. The average molecular weight is 415 g/mol. The number of fused-ring (bicyclic) bond motifs is 1. The minimum Gasteiger partial charge on any atom is -0.481 e. The van der Waals surface area contributed by atoms with Gasteiger partial charge in [0.15, 0.2) is 6.61 Å². The number of ether oxygens (including phenoxy) is 2. The zero-order valence-corrected chi connectivity index (χ0v) is 17.2. The van der Waals surface area contributed by atoms with Crippen molar-refractivity contribution in [1.29, 1.82) is 0 Å². The molecule has 0 radical (unpaired) electrons. The Kier molecular flexibility index (Phi) is 6.44. The first-order chi connectivity index (χ1) is 13.9. The minimum atomic E-state index is -0.448. The van der Waals surface area contributed by atoms with Crippen LogP contribution in [0.2, 0.25) is 5.02 Å². The fourth-order valence-electron chi connectivity index (χ4n) is 3.44. The zero-order valence-electron chi connectivity index (χ0n) is 16.4. The summed E-state index contributed by atoms with van der Waals surface area (Å²) < 4.78 is 12.8. The summed E-state index contributed by atoms with van der Waals surface area (Å²) in [6.07, 6.45) is 0.0741. The van der Waals surface area contributed by atoms with Crippen LogP contribution < -0.4 is 10.5 Å². The van der Waals surface area contributed by atoms with E-state index in [1.165, 1.54) is 0 Å². The molecule has 0 spiro atoms. The van der Waals surface area contributed by atoms with Gasteiger partial charge >= 0.3 is 5.97 Å². The Morgan fingerprint density at radius 1 is 1.17 bits per heavy atom. The van der Waals surface area contributed by atoms with E-state index in [4.69, 9.17) is 26.8 Å². The van der Waals surface area contributed by atoms with E-state index in [9.17, 15) is 9.59 Å². The third-order valence-electron chi connectivity index (χ3n) is 4.67. The van der Waals surface area contributed by atoms with Crippen LogP contribution in [-0.4, -0.2) is 29.7 Å². The van der Waals surface area contributed by atoms with Gasteiger partial charge in [-0.3, -0.25) is 4.79 Å².